The van der Waals surface area contributed by atoms with Crippen molar-refractivity contribution in [3.63, 3.8) is 0 Å². The first-order chi connectivity index (χ1) is 13.1. The molecule has 5 heteroatoms. The van der Waals surface area contributed by atoms with Crippen LogP contribution in [0.2, 0.25) is 18.1 Å². The van der Waals surface area contributed by atoms with Gasteiger partial charge in [-0.1, -0.05) is 45.0 Å². The zero-order valence-corrected chi connectivity index (χ0v) is 18.5. The molecule has 4 nitrogen and oxygen atoms in total. The number of ether oxygens (including phenoxy) is 2. The summed E-state index contributed by atoms with van der Waals surface area (Å²) in [7, 11) is -0.389. The number of hydrogen-bond acceptors (Lipinski definition) is 4. The Kier molecular flexibility index (Phi) is 4.53. The summed E-state index contributed by atoms with van der Waals surface area (Å²) in [5.41, 5.74) is 6.37. The Labute approximate surface area is 167 Å². The Morgan fingerprint density at radius 1 is 1.00 bits per heavy atom. The van der Waals surface area contributed by atoms with E-state index < -0.39 is 8.32 Å². The van der Waals surface area contributed by atoms with Crippen molar-refractivity contribution in [2.45, 2.75) is 57.7 Å². The first-order valence-corrected chi connectivity index (χ1v) is 12.7. The molecule has 0 unspecified atom stereocenters. The second-order valence-corrected chi connectivity index (χ2v) is 14.1. The summed E-state index contributed by atoms with van der Waals surface area (Å²) in [5.74, 6) is -0.317. The van der Waals surface area contributed by atoms with Crippen LogP contribution in [0.25, 0.3) is 0 Å². The average Bonchev–Trinajstić information content (AvgIpc) is 3.21. The van der Waals surface area contributed by atoms with E-state index in [0.29, 0.717) is 12.2 Å². The highest BCUT2D eigenvalue weighted by atomic mass is 28.4. The Hall–Kier alpha value is -1.95. The maximum absolute atomic E-state index is 11.9. The van der Waals surface area contributed by atoms with E-state index in [9.17, 15) is 4.79 Å². The van der Waals surface area contributed by atoms with Crippen LogP contribution < -0.4 is 0 Å². The van der Waals surface area contributed by atoms with Gasteiger partial charge in [-0.2, -0.15) is 0 Å². The molecule has 0 spiro atoms. The summed E-state index contributed by atoms with van der Waals surface area (Å²) in [6.07, 6.45) is -0.163. The molecule has 0 aliphatic carbocycles. The van der Waals surface area contributed by atoms with Crippen molar-refractivity contribution in [1.29, 1.82) is 0 Å². The third kappa shape index (κ3) is 3.02. The second kappa shape index (κ2) is 6.54. The fraction of sp³-hybridized carbons (Fsp3) is 0.435. The van der Waals surface area contributed by atoms with Crippen molar-refractivity contribution in [2.75, 3.05) is 7.11 Å². The molecule has 2 aromatic rings. The minimum absolute atomic E-state index is 0.0444. The fourth-order valence-corrected chi connectivity index (χ4v) is 4.67. The molecule has 0 saturated heterocycles. The number of hydrogen-bond donors (Lipinski definition) is 0. The molecule has 148 valence electrons. The van der Waals surface area contributed by atoms with Gasteiger partial charge in [0.2, 0.25) is 0 Å². The van der Waals surface area contributed by atoms with E-state index in [1.54, 1.807) is 0 Å². The number of methoxy groups -OCH3 is 1. The summed E-state index contributed by atoms with van der Waals surface area (Å²) >= 11 is 0. The smallest absolute Gasteiger partial charge is 0.337 e. The van der Waals surface area contributed by atoms with Crippen LogP contribution in [0.4, 0.5) is 0 Å². The lowest BCUT2D eigenvalue weighted by atomic mass is 9.84. The van der Waals surface area contributed by atoms with Gasteiger partial charge in [-0.15, -0.1) is 0 Å². The third-order valence-corrected chi connectivity index (χ3v) is 10.9. The first-order valence-electron chi connectivity index (χ1n) is 9.77. The van der Waals surface area contributed by atoms with E-state index in [4.69, 9.17) is 13.9 Å². The number of benzene rings is 2. The molecule has 2 heterocycles. The van der Waals surface area contributed by atoms with Gasteiger partial charge in [-0.05, 0) is 58.1 Å². The number of rotatable bonds is 4. The van der Waals surface area contributed by atoms with E-state index in [0.717, 1.165) is 11.1 Å². The van der Waals surface area contributed by atoms with Gasteiger partial charge in [0, 0.05) is 0 Å². The molecule has 28 heavy (non-hydrogen) atoms. The molecule has 0 radical (unpaired) electrons. The summed E-state index contributed by atoms with van der Waals surface area (Å²) in [5, 5.41) is 0.190. The topological polar surface area (TPSA) is 44.8 Å². The summed E-state index contributed by atoms with van der Waals surface area (Å²) in [6, 6.07) is 12.2. The van der Waals surface area contributed by atoms with Crippen LogP contribution in [0.5, 0.6) is 0 Å². The van der Waals surface area contributed by atoms with Gasteiger partial charge in [0.15, 0.2) is 8.32 Å². The summed E-state index contributed by atoms with van der Waals surface area (Å²) in [4.78, 5) is 11.9. The van der Waals surface area contributed by atoms with Gasteiger partial charge in [0.05, 0.1) is 19.3 Å². The second-order valence-electron chi connectivity index (χ2n) is 9.24. The van der Waals surface area contributed by atoms with Crippen LogP contribution in [-0.4, -0.2) is 21.4 Å². The molecule has 2 aromatic carbocycles. The predicted octanol–water partition coefficient (Wildman–Crippen LogP) is 5.52. The van der Waals surface area contributed by atoms with E-state index in [1.807, 2.05) is 18.2 Å². The van der Waals surface area contributed by atoms with Crippen molar-refractivity contribution in [3.8, 4) is 0 Å². The molecule has 0 aromatic heterocycles. The highest BCUT2D eigenvalue weighted by Gasteiger charge is 2.43. The van der Waals surface area contributed by atoms with Crippen LogP contribution >= 0.6 is 0 Å². The zero-order valence-electron chi connectivity index (χ0n) is 17.5. The van der Waals surface area contributed by atoms with Gasteiger partial charge >= 0.3 is 5.97 Å². The average molecular weight is 397 g/mol. The van der Waals surface area contributed by atoms with E-state index in [2.05, 4.69) is 52.1 Å². The van der Waals surface area contributed by atoms with E-state index >= 15 is 0 Å². The predicted molar refractivity (Wildman–Crippen MR) is 111 cm³/mol. The molecule has 0 fully saturated rings. The van der Waals surface area contributed by atoms with Crippen LogP contribution in [0.3, 0.4) is 0 Å². The standard InChI is InChI=1S/C23H28O4Si/c1-23(2,3)28(5,6)26-13-14-7-9-16-18(11-14)21-19-12-15(22(24)25-4)8-10-17(19)20(16)27-21/h7-12,20-21H,13H2,1-6H3/t20-,21+/m0/s1. The van der Waals surface area contributed by atoms with Crippen molar-refractivity contribution < 1.29 is 18.7 Å². The molecule has 2 bridgehead atoms. The molecule has 2 atom stereocenters. The number of fused-ring (bicyclic) bond motifs is 8. The van der Waals surface area contributed by atoms with Crippen molar-refractivity contribution >= 4 is 14.3 Å². The SMILES string of the molecule is COC(=O)c1ccc2c(c1)[C@@H]1O[C@H]2c2ccc(CO[Si](C)(C)C(C)(C)C)cc21. The van der Waals surface area contributed by atoms with Crippen molar-refractivity contribution in [1.82, 2.24) is 0 Å². The third-order valence-electron chi connectivity index (χ3n) is 6.47. The Bertz CT molecular complexity index is 942. The highest BCUT2D eigenvalue weighted by molar-refractivity contribution is 6.74. The molecule has 0 saturated carbocycles. The quantitative estimate of drug-likeness (QED) is 0.504. The van der Waals surface area contributed by atoms with Crippen molar-refractivity contribution in [3.05, 3.63) is 69.8 Å². The monoisotopic (exact) mass is 396 g/mol. The Balaban J connectivity index is 1.60. The molecule has 0 amide bonds. The molecule has 4 rings (SSSR count). The van der Waals surface area contributed by atoms with Gasteiger partial charge < -0.3 is 13.9 Å². The summed E-state index contributed by atoms with van der Waals surface area (Å²) in [6.45, 7) is 11.9. The van der Waals surface area contributed by atoms with Crippen LogP contribution in [0.15, 0.2) is 36.4 Å². The van der Waals surface area contributed by atoms with Gasteiger partial charge in [-0.3, -0.25) is 0 Å². The maximum Gasteiger partial charge on any atom is 0.337 e. The zero-order chi connectivity index (χ0) is 20.3. The lowest BCUT2D eigenvalue weighted by molar-refractivity contribution is 0.0600. The van der Waals surface area contributed by atoms with Gasteiger partial charge in [-0.25, -0.2) is 4.79 Å². The lowest BCUT2D eigenvalue weighted by Gasteiger charge is -2.36. The van der Waals surface area contributed by atoms with E-state index in [1.165, 1.54) is 23.8 Å². The maximum atomic E-state index is 11.9. The number of carbonyl (C=O) groups is 1. The largest absolute Gasteiger partial charge is 0.465 e. The Morgan fingerprint density at radius 2 is 1.61 bits per heavy atom. The Morgan fingerprint density at radius 3 is 2.25 bits per heavy atom. The van der Waals surface area contributed by atoms with Gasteiger partial charge in [0.25, 0.3) is 0 Å². The minimum Gasteiger partial charge on any atom is -0.465 e. The summed E-state index contributed by atoms with van der Waals surface area (Å²) < 4.78 is 17.5. The molecule has 0 N–H and O–H groups in total. The molecular weight excluding hydrogens is 368 g/mol. The number of carbonyl (C=O) groups excluding carboxylic acids is 1. The van der Waals surface area contributed by atoms with Crippen LogP contribution in [0.1, 0.15) is 71.2 Å². The molecule has 2 aliphatic rings. The molecular formula is C23H28O4Si. The number of esters is 1. The molecule has 2 aliphatic heterocycles. The van der Waals surface area contributed by atoms with Gasteiger partial charge in [0.1, 0.15) is 12.2 Å². The lowest BCUT2D eigenvalue weighted by Crippen LogP contribution is -2.40. The van der Waals surface area contributed by atoms with Crippen LogP contribution in [-0.2, 0) is 20.5 Å². The minimum atomic E-state index is -1.79. The van der Waals surface area contributed by atoms with Crippen LogP contribution in [0, 0.1) is 0 Å². The fourth-order valence-electron chi connectivity index (χ4n) is 3.71. The van der Waals surface area contributed by atoms with Crippen molar-refractivity contribution in [2.24, 2.45) is 0 Å². The van der Waals surface area contributed by atoms with E-state index in [-0.39, 0.29) is 23.2 Å². The highest BCUT2D eigenvalue weighted by Crippen LogP contribution is 2.54. The normalized spacial score (nSPS) is 20.1. The first kappa shape index (κ1) is 19.4.